The Hall–Kier alpha value is -2.37. The smallest absolute Gasteiger partial charge is 0.330 e. The second-order valence-corrected chi connectivity index (χ2v) is 4.68. The zero-order valence-corrected chi connectivity index (χ0v) is 11.6. The van der Waals surface area contributed by atoms with Gasteiger partial charge >= 0.3 is 5.69 Å². The molecule has 1 aromatic carbocycles. The van der Waals surface area contributed by atoms with Crippen LogP contribution in [0.3, 0.4) is 0 Å². The number of aromatic nitrogens is 2. The summed E-state index contributed by atoms with van der Waals surface area (Å²) in [6, 6.07) is 4.72. The number of rotatable bonds is 3. The van der Waals surface area contributed by atoms with E-state index in [2.05, 4.69) is 5.32 Å². The molecule has 0 amide bonds. The van der Waals surface area contributed by atoms with Gasteiger partial charge in [0, 0.05) is 38.1 Å². The highest BCUT2D eigenvalue weighted by Gasteiger charge is 2.08. The monoisotopic (exact) mass is 277 g/mol. The van der Waals surface area contributed by atoms with Crippen LogP contribution in [-0.2, 0) is 20.6 Å². The van der Waals surface area contributed by atoms with E-state index in [0.29, 0.717) is 16.8 Å². The second kappa shape index (κ2) is 5.32. The molecule has 0 atom stereocenters. The summed E-state index contributed by atoms with van der Waals surface area (Å²) < 4.78 is 15.8. The molecule has 0 unspecified atom stereocenters. The van der Waals surface area contributed by atoms with E-state index in [1.807, 2.05) is 0 Å². The summed E-state index contributed by atoms with van der Waals surface area (Å²) in [6.07, 6.45) is 1.49. The van der Waals surface area contributed by atoms with Crippen LogP contribution in [0.25, 0.3) is 0 Å². The SMILES string of the molecule is Cc1c(F)cccc1NCc1cn(C)c(=O)n(C)c1=O. The lowest BCUT2D eigenvalue weighted by Gasteiger charge is -2.11. The molecule has 2 rings (SSSR count). The maximum absolute atomic E-state index is 13.4. The molecule has 0 fully saturated rings. The predicted molar refractivity (Wildman–Crippen MR) is 75.4 cm³/mol. The first-order valence-electron chi connectivity index (χ1n) is 6.16. The summed E-state index contributed by atoms with van der Waals surface area (Å²) in [5, 5.41) is 3.02. The number of nitrogens with one attached hydrogen (secondary N) is 1. The first-order chi connectivity index (χ1) is 9.41. The minimum absolute atomic E-state index is 0.227. The number of hydrogen-bond acceptors (Lipinski definition) is 3. The topological polar surface area (TPSA) is 56.0 Å². The summed E-state index contributed by atoms with van der Waals surface area (Å²) >= 11 is 0. The minimum atomic E-state index is -0.374. The van der Waals surface area contributed by atoms with Crippen molar-refractivity contribution in [3.05, 3.63) is 62.2 Å². The van der Waals surface area contributed by atoms with Gasteiger partial charge in [0.15, 0.2) is 0 Å². The average molecular weight is 277 g/mol. The molecule has 0 bridgehead atoms. The maximum Gasteiger partial charge on any atom is 0.330 e. The Kier molecular flexibility index (Phi) is 3.74. The van der Waals surface area contributed by atoms with Gasteiger partial charge in [-0.2, -0.15) is 0 Å². The van der Waals surface area contributed by atoms with Crippen LogP contribution in [0.5, 0.6) is 0 Å². The Morgan fingerprint density at radius 3 is 2.65 bits per heavy atom. The molecule has 1 heterocycles. The third-order valence-electron chi connectivity index (χ3n) is 3.25. The lowest BCUT2D eigenvalue weighted by Crippen LogP contribution is -2.38. The van der Waals surface area contributed by atoms with Gasteiger partial charge in [0.2, 0.25) is 0 Å². The van der Waals surface area contributed by atoms with E-state index in [-0.39, 0.29) is 23.6 Å². The fourth-order valence-electron chi connectivity index (χ4n) is 1.99. The van der Waals surface area contributed by atoms with Gasteiger partial charge in [-0.25, -0.2) is 9.18 Å². The summed E-state index contributed by atoms with van der Waals surface area (Å²) in [5.41, 5.74) is 0.837. The van der Waals surface area contributed by atoms with Gasteiger partial charge in [0.1, 0.15) is 5.82 Å². The van der Waals surface area contributed by atoms with Gasteiger partial charge < -0.3 is 9.88 Å². The number of anilines is 1. The first kappa shape index (κ1) is 14.0. The quantitative estimate of drug-likeness (QED) is 0.915. The first-order valence-corrected chi connectivity index (χ1v) is 6.16. The van der Waals surface area contributed by atoms with Gasteiger partial charge in [-0.15, -0.1) is 0 Å². The average Bonchev–Trinajstić information content (AvgIpc) is 2.43. The molecule has 0 spiro atoms. The van der Waals surface area contributed by atoms with E-state index in [4.69, 9.17) is 0 Å². The molecule has 0 saturated heterocycles. The third kappa shape index (κ3) is 2.49. The van der Waals surface area contributed by atoms with Gasteiger partial charge in [0.25, 0.3) is 5.56 Å². The molecular formula is C14H16FN3O2. The van der Waals surface area contributed by atoms with Gasteiger partial charge in [-0.3, -0.25) is 9.36 Å². The fraction of sp³-hybridized carbons (Fsp3) is 0.286. The summed E-state index contributed by atoms with van der Waals surface area (Å²) in [4.78, 5) is 23.5. The lowest BCUT2D eigenvalue weighted by molar-refractivity contribution is 0.619. The largest absolute Gasteiger partial charge is 0.380 e. The molecule has 1 N–H and O–H groups in total. The summed E-state index contributed by atoms with van der Waals surface area (Å²) in [7, 11) is 3.01. The van der Waals surface area contributed by atoms with Crippen molar-refractivity contribution in [1.29, 1.82) is 0 Å². The predicted octanol–water partition coefficient (Wildman–Crippen LogP) is 1.14. The number of halogens is 1. The Morgan fingerprint density at radius 2 is 1.95 bits per heavy atom. The van der Waals surface area contributed by atoms with Crippen molar-refractivity contribution in [3.8, 4) is 0 Å². The van der Waals surface area contributed by atoms with Gasteiger partial charge in [0.05, 0.1) is 5.56 Å². The van der Waals surface area contributed by atoms with Crippen molar-refractivity contribution in [2.75, 3.05) is 5.32 Å². The zero-order chi connectivity index (χ0) is 14.9. The van der Waals surface area contributed by atoms with Crippen LogP contribution in [0.15, 0.2) is 34.0 Å². The standard InChI is InChI=1S/C14H16FN3O2/c1-9-11(15)5-4-6-12(9)16-7-10-8-17(2)14(20)18(3)13(10)19/h4-6,8,16H,7H2,1-3H3. The maximum atomic E-state index is 13.4. The third-order valence-corrected chi connectivity index (χ3v) is 3.25. The Balaban J connectivity index is 2.31. The van der Waals surface area contributed by atoms with Crippen molar-refractivity contribution in [1.82, 2.24) is 9.13 Å². The van der Waals surface area contributed by atoms with Crippen molar-refractivity contribution >= 4 is 5.69 Å². The van der Waals surface area contributed by atoms with E-state index >= 15 is 0 Å². The molecule has 5 nitrogen and oxygen atoms in total. The van der Waals surface area contributed by atoms with Crippen LogP contribution in [-0.4, -0.2) is 9.13 Å². The van der Waals surface area contributed by atoms with E-state index in [1.54, 1.807) is 26.1 Å². The molecular weight excluding hydrogens is 261 g/mol. The van der Waals surface area contributed by atoms with Crippen LogP contribution in [0, 0.1) is 12.7 Å². The molecule has 0 aliphatic carbocycles. The zero-order valence-electron chi connectivity index (χ0n) is 11.6. The van der Waals surface area contributed by atoms with Crippen molar-refractivity contribution < 1.29 is 4.39 Å². The van der Waals surface area contributed by atoms with E-state index < -0.39 is 0 Å². The molecule has 2 aromatic rings. The van der Waals surface area contributed by atoms with Crippen LogP contribution in [0.2, 0.25) is 0 Å². The summed E-state index contributed by atoms with van der Waals surface area (Å²) in [5.74, 6) is -0.302. The van der Waals surface area contributed by atoms with E-state index in [1.165, 1.54) is 23.9 Å². The number of nitrogens with zero attached hydrogens (tertiary/aromatic N) is 2. The summed E-state index contributed by atoms with van der Waals surface area (Å²) in [6.45, 7) is 1.89. The van der Waals surface area contributed by atoms with Crippen molar-refractivity contribution in [3.63, 3.8) is 0 Å². The second-order valence-electron chi connectivity index (χ2n) is 4.68. The molecule has 1 aromatic heterocycles. The normalized spacial score (nSPS) is 10.6. The van der Waals surface area contributed by atoms with E-state index in [0.717, 1.165) is 4.57 Å². The molecule has 0 radical (unpaired) electrons. The van der Waals surface area contributed by atoms with Crippen LogP contribution in [0.4, 0.5) is 10.1 Å². The number of hydrogen-bond donors (Lipinski definition) is 1. The van der Waals surface area contributed by atoms with Gasteiger partial charge in [-0.05, 0) is 19.1 Å². The van der Waals surface area contributed by atoms with Crippen molar-refractivity contribution in [2.24, 2.45) is 14.1 Å². The highest BCUT2D eigenvalue weighted by Crippen LogP contribution is 2.17. The highest BCUT2D eigenvalue weighted by molar-refractivity contribution is 5.51. The molecule has 20 heavy (non-hydrogen) atoms. The molecule has 0 aliphatic rings. The molecule has 6 heteroatoms. The number of benzene rings is 1. The highest BCUT2D eigenvalue weighted by atomic mass is 19.1. The van der Waals surface area contributed by atoms with Crippen molar-refractivity contribution in [2.45, 2.75) is 13.5 Å². The van der Waals surface area contributed by atoms with Crippen LogP contribution >= 0.6 is 0 Å². The number of aryl methyl sites for hydroxylation is 1. The minimum Gasteiger partial charge on any atom is -0.380 e. The Labute approximate surface area is 115 Å². The van der Waals surface area contributed by atoms with Crippen LogP contribution < -0.4 is 16.6 Å². The Morgan fingerprint density at radius 1 is 1.25 bits per heavy atom. The Bertz CT molecular complexity index is 762. The van der Waals surface area contributed by atoms with Crippen LogP contribution in [0.1, 0.15) is 11.1 Å². The molecule has 106 valence electrons. The van der Waals surface area contributed by atoms with Gasteiger partial charge in [-0.1, -0.05) is 6.07 Å². The fourth-order valence-corrected chi connectivity index (χ4v) is 1.99. The molecule has 0 saturated carbocycles. The molecule has 0 aliphatic heterocycles. The lowest BCUT2D eigenvalue weighted by atomic mass is 10.2. The van der Waals surface area contributed by atoms with E-state index in [9.17, 15) is 14.0 Å².